The molecule has 8 nitrogen and oxygen atoms in total. The summed E-state index contributed by atoms with van der Waals surface area (Å²) in [5.74, 6) is -0.0579. The minimum absolute atomic E-state index is 0.0922. The van der Waals surface area contributed by atoms with E-state index in [-0.39, 0.29) is 49.0 Å². The fourth-order valence-electron chi connectivity index (χ4n) is 4.39. The Morgan fingerprint density at radius 3 is 2.65 bits per heavy atom. The highest BCUT2D eigenvalue weighted by molar-refractivity contribution is 6.30. The van der Waals surface area contributed by atoms with Crippen molar-refractivity contribution in [3.05, 3.63) is 58.6 Å². The molecule has 2 aromatic carbocycles. The van der Waals surface area contributed by atoms with Crippen molar-refractivity contribution in [1.82, 2.24) is 10.2 Å². The molecule has 0 unspecified atom stereocenters. The Morgan fingerprint density at radius 2 is 1.91 bits per heavy atom. The summed E-state index contributed by atoms with van der Waals surface area (Å²) in [4.78, 5) is 38.7. The van der Waals surface area contributed by atoms with Crippen LogP contribution in [-0.4, -0.2) is 54.5 Å². The number of hydrogen-bond donors (Lipinski definition) is 2. The number of nitrogens with zero attached hydrogens (tertiary/aromatic N) is 1. The van der Waals surface area contributed by atoms with Crippen molar-refractivity contribution >= 4 is 35.0 Å². The van der Waals surface area contributed by atoms with Gasteiger partial charge in [0, 0.05) is 31.2 Å². The number of hydrogen-bond acceptors (Lipinski definition) is 5. The zero-order valence-corrected chi connectivity index (χ0v) is 19.9. The van der Waals surface area contributed by atoms with Crippen LogP contribution in [0.25, 0.3) is 0 Å². The lowest BCUT2D eigenvalue weighted by Gasteiger charge is -2.42. The number of fused-ring (bicyclic) bond motifs is 2. The summed E-state index contributed by atoms with van der Waals surface area (Å²) in [6.45, 7) is 2.10. The number of nitrogens with one attached hydrogen (secondary N) is 2. The van der Waals surface area contributed by atoms with E-state index in [1.807, 2.05) is 12.1 Å². The molecule has 2 aliphatic rings. The van der Waals surface area contributed by atoms with Gasteiger partial charge in [0.15, 0.2) is 0 Å². The van der Waals surface area contributed by atoms with E-state index in [1.54, 1.807) is 42.3 Å². The molecule has 0 spiro atoms. The summed E-state index contributed by atoms with van der Waals surface area (Å²) < 4.78 is 12.2. The number of carbonyl (C=O) groups is 3. The number of ether oxygens (including phenoxy) is 2. The van der Waals surface area contributed by atoms with E-state index in [9.17, 15) is 14.4 Å². The molecule has 2 heterocycles. The van der Waals surface area contributed by atoms with Crippen LogP contribution in [0.3, 0.4) is 0 Å². The maximum Gasteiger partial charge on any atom is 0.257 e. The standard InChI is InChI=1S/C25H28ClN3O5/c1-15(30)28-18-7-10-22-20(11-18)25(32)29(2)21-9-8-19(34-23(21)14-33-22)12-24(31)27-13-16-3-5-17(26)6-4-16/h3-7,10-11,19,21,23H,8-9,12-14H2,1-2H3,(H,27,31)(H,28,30)/t19-,21+,23+/m1/s1. The Bertz CT molecular complexity index is 1070. The van der Waals surface area contributed by atoms with Gasteiger partial charge in [0.05, 0.1) is 24.1 Å². The molecule has 3 amide bonds. The Balaban J connectivity index is 1.38. The van der Waals surface area contributed by atoms with E-state index < -0.39 is 0 Å². The Labute approximate surface area is 203 Å². The highest BCUT2D eigenvalue weighted by Crippen LogP contribution is 2.32. The Kier molecular flexibility index (Phi) is 7.38. The van der Waals surface area contributed by atoms with E-state index in [0.29, 0.717) is 41.4 Å². The van der Waals surface area contributed by atoms with Gasteiger partial charge in [-0.05, 0) is 48.7 Å². The second-order valence-corrected chi connectivity index (χ2v) is 9.10. The molecule has 1 fully saturated rings. The summed E-state index contributed by atoms with van der Waals surface area (Å²) in [7, 11) is 1.75. The summed E-state index contributed by atoms with van der Waals surface area (Å²) in [5, 5.41) is 6.27. The maximum atomic E-state index is 13.2. The van der Waals surface area contributed by atoms with Crippen LogP contribution in [0.2, 0.25) is 5.02 Å². The molecule has 0 aliphatic carbocycles. The number of amides is 3. The first-order chi connectivity index (χ1) is 16.3. The number of rotatable bonds is 5. The highest BCUT2D eigenvalue weighted by Gasteiger charge is 2.39. The minimum Gasteiger partial charge on any atom is -0.490 e. The van der Waals surface area contributed by atoms with Gasteiger partial charge in [-0.25, -0.2) is 0 Å². The van der Waals surface area contributed by atoms with Crippen LogP contribution < -0.4 is 15.4 Å². The third-order valence-corrected chi connectivity index (χ3v) is 6.40. The van der Waals surface area contributed by atoms with Gasteiger partial charge in [-0.15, -0.1) is 0 Å². The summed E-state index contributed by atoms with van der Waals surface area (Å²) in [6, 6.07) is 12.2. The number of likely N-dealkylation sites (N-methyl/N-ethyl adjacent to an activating group) is 1. The number of carbonyl (C=O) groups excluding carboxylic acids is 3. The molecule has 2 N–H and O–H groups in total. The molecule has 0 bridgehead atoms. The van der Waals surface area contributed by atoms with Crippen molar-refractivity contribution in [2.75, 3.05) is 19.0 Å². The second kappa shape index (κ2) is 10.4. The van der Waals surface area contributed by atoms with Crippen LogP contribution in [0.4, 0.5) is 5.69 Å². The van der Waals surface area contributed by atoms with E-state index >= 15 is 0 Å². The van der Waals surface area contributed by atoms with E-state index in [1.165, 1.54) is 6.92 Å². The second-order valence-electron chi connectivity index (χ2n) is 8.67. The van der Waals surface area contributed by atoms with Crippen molar-refractivity contribution in [3.8, 4) is 5.75 Å². The molecular formula is C25H28ClN3O5. The molecule has 9 heteroatoms. The third kappa shape index (κ3) is 5.69. The topological polar surface area (TPSA) is 97.0 Å². The first kappa shape index (κ1) is 24.0. The zero-order chi connectivity index (χ0) is 24.2. The SMILES string of the molecule is CC(=O)Nc1ccc2c(c1)C(=O)N(C)[C@H]1CC[C@H](CC(=O)NCc3ccc(Cl)cc3)O[C@H]1CO2. The molecule has 4 rings (SSSR count). The molecule has 34 heavy (non-hydrogen) atoms. The summed E-state index contributed by atoms with van der Waals surface area (Å²) in [5.41, 5.74) is 1.91. The summed E-state index contributed by atoms with van der Waals surface area (Å²) >= 11 is 5.90. The average Bonchev–Trinajstić information content (AvgIpc) is 2.81. The molecule has 0 aromatic heterocycles. The lowest BCUT2D eigenvalue weighted by atomic mass is 9.94. The smallest absolute Gasteiger partial charge is 0.257 e. The number of benzene rings is 2. The largest absolute Gasteiger partial charge is 0.490 e. The fraction of sp³-hybridized carbons (Fsp3) is 0.400. The van der Waals surface area contributed by atoms with Crippen LogP contribution in [0.5, 0.6) is 5.75 Å². The van der Waals surface area contributed by atoms with Gasteiger partial charge >= 0.3 is 0 Å². The highest BCUT2D eigenvalue weighted by atomic mass is 35.5. The lowest BCUT2D eigenvalue weighted by molar-refractivity contribution is -0.134. The van der Waals surface area contributed by atoms with Gasteiger partial charge in [-0.3, -0.25) is 14.4 Å². The fourth-order valence-corrected chi connectivity index (χ4v) is 4.52. The Hall–Kier alpha value is -3.10. The minimum atomic E-state index is -0.347. The van der Waals surface area contributed by atoms with Crippen molar-refractivity contribution < 1.29 is 23.9 Å². The molecule has 3 atom stereocenters. The van der Waals surface area contributed by atoms with Crippen molar-refractivity contribution in [3.63, 3.8) is 0 Å². The van der Waals surface area contributed by atoms with E-state index in [0.717, 1.165) is 5.56 Å². The van der Waals surface area contributed by atoms with Crippen LogP contribution in [0.1, 0.15) is 42.1 Å². The summed E-state index contributed by atoms with van der Waals surface area (Å²) in [6.07, 6.45) is 1.00. The van der Waals surface area contributed by atoms with Crippen LogP contribution >= 0.6 is 11.6 Å². The maximum absolute atomic E-state index is 13.2. The van der Waals surface area contributed by atoms with Crippen LogP contribution in [0, 0.1) is 0 Å². The van der Waals surface area contributed by atoms with Crippen molar-refractivity contribution in [2.45, 2.75) is 51.0 Å². The van der Waals surface area contributed by atoms with Gasteiger partial charge in [0.1, 0.15) is 18.5 Å². The predicted molar refractivity (Wildman–Crippen MR) is 128 cm³/mol. The van der Waals surface area contributed by atoms with E-state index in [2.05, 4.69) is 10.6 Å². The quantitative estimate of drug-likeness (QED) is 0.676. The lowest BCUT2D eigenvalue weighted by Crippen LogP contribution is -2.53. The Morgan fingerprint density at radius 1 is 1.15 bits per heavy atom. The van der Waals surface area contributed by atoms with Gasteiger partial charge in [0.25, 0.3) is 5.91 Å². The first-order valence-electron chi connectivity index (χ1n) is 11.3. The van der Waals surface area contributed by atoms with Gasteiger partial charge in [-0.1, -0.05) is 23.7 Å². The normalized spacial score (nSPS) is 21.9. The van der Waals surface area contributed by atoms with Gasteiger partial charge < -0.3 is 25.0 Å². The monoisotopic (exact) mass is 485 g/mol. The molecule has 2 aromatic rings. The third-order valence-electron chi connectivity index (χ3n) is 6.15. The van der Waals surface area contributed by atoms with Crippen molar-refractivity contribution in [1.29, 1.82) is 0 Å². The molecular weight excluding hydrogens is 458 g/mol. The molecule has 0 radical (unpaired) electrons. The number of halogens is 1. The van der Waals surface area contributed by atoms with Crippen LogP contribution in [-0.2, 0) is 20.9 Å². The van der Waals surface area contributed by atoms with Gasteiger partial charge in [-0.2, -0.15) is 0 Å². The average molecular weight is 486 g/mol. The molecule has 1 saturated heterocycles. The number of anilines is 1. The zero-order valence-electron chi connectivity index (χ0n) is 19.2. The predicted octanol–water partition coefficient (Wildman–Crippen LogP) is 3.39. The van der Waals surface area contributed by atoms with Crippen LogP contribution in [0.15, 0.2) is 42.5 Å². The van der Waals surface area contributed by atoms with E-state index in [4.69, 9.17) is 21.1 Å². The molecule has 180 valence electrons. The van der Waals surface area contributed by atoms with Gasteiger partial charge in [0.2, 0.25) is 11.8 Å². The molecule has 2 aliphatic heterocycles. The molecule has 0 saturated carbocycles. The first-order valence-corrected chi connectivity index (χ1v) is 11.7. The van der Waals surface area contributed by atoms with Crippen molar-refractivity contribution in [2.24, 2.45) is 0 Å².